The van der Waals surface area contributed by atoms with Crippen molar-refractivity contribution in [2.45, 2.75) is 38.1 Å². The van der Waals surface area contributed by atoms with Gasteiger partial charge < -0.3 is 10.6 Å². The molecule has 2 unspecified atom stereocenters. The average molecular weight is 230 g/mol. The first kappa shape index (κ1) is 10.6. The van der Waals surface area contributed by atoms with Crippen molar-refractivity contribution in [2.24, 2.45) is 5.92 Å². The van der Waals surface area contributed by atoms with Gasteiger partial charge in [-0.05, 0) is 30.9 Å². The van der Waals surface area contributed by atoms with Gasteiger partial charge in [-0.25, -0.2) is 0 Å². The Labute approximate surface area is 102 Å². The average Bonchev–Trinajstić information content (AvgIpc) is 2.31. The van der Waals surface area contributed by atoms with E-state index in [1.54, 1.807) is 0 Å². The van der Waals surface area contributed by atoms with Gasteiger partial charge in [-0.2, -0.15) is 0 Å². The number of carbonyl (C=O) groups excluding carboxylic acids is 1. The second kappa shape index (κ2) is 3.76. The highest BCUT2D eigenvalue weighted by atomic mass is 16.2. The predicted octanol–water partition coefficient (Wildman–Crippen LogP) is 3.00. The molecule has 0 bridgehead atoms. The van der Waals surface area contributed by atoms with E-state index in [1.807, 2.05) is 24.3 Å². The maximum Gasteiger partial charge on any atom is 0.250 e. The van der Waals surface area contributed by atoms with E-state index < -0.39 is 0 Å². The van der Waals surface area contributed by atoms with Crippen molar-refractivity contribution < 1.29 is 4.79 Å². The Morgan fingerprint density at radius 1 is 1.29 bits per heavy atom. The Hall–Kier alpha value is -1.51. The molecule has 3 nitrogen and oxygen atoms in total. The van der Waals surface area contributed by atoms with Crippen LogP contribution in [0.1, 0.15) is 32.6 Å². The van der Waals surface area contributed by atoms with Crippen molar-refractivity contribution >= 4 is 17.3 Å². The van der Waals surface area contributed by atoms with Gasteiger partial charge in [0.05, 0.1) is 11.4 Å². The van der Waals surface area contributed by atoms with Crippen LogP contribution in [0.15, 0.2) is 24.3 Å². The third-order valence-electron chi connectivity index (χ3n) is 3.98. The molecule has 17 heavy (non-hydrogen) atoms. The van der Waals surface area contributed by atoms with Crippen LogP contribution in [0.2, 0.25) is 0 Å². The molecular weight excluding hydrogens is 212 g/mol. The van der Waals surface area contributed by atoms with Crippen molar-refractivity contribution in [1.29, 1.82) is 0 Å². The van der Waals surface area contributed by atoms with Crippen LogP contribution in [0.25, 0.3) is 0 Å². The van der Waals surface area contributed by atoms with Crippen LogP contribution in [0, 0.1) is 5.92 Å². The first-order chi connectivity index (χ1) is 8.20. The van der Waals surface area contributed by atoms with E-state index in [1.165, 1.54) is 6.42 Å². The minimum Gasteiger partial charge on any atom is -0.370 e. The normalized spacial score (nSPS) is 31.6. The summed E-state index contributed by atoms with van der Waals surface area (Å²) in [5.74, 6) is 0.759. The molecule has 0 radical (unpaired) electrons. The number of amides is 1. The summed E-state index contributed by atoms with van der Waals surface area (Å²) in [6, 6.07) is 7.93. The molecule has 1 fully saturated rings. The Kier molecular flexibility index (Phi) is 2.35. The van der Waals surface area contributed by atoms with E-state index in [9.17, 15) is 4.79 Å². The van der Waals surface area contributed by atoms with Gasteiger partial charge in [0.1, 0.15) is 5.54 Å². The van der Waals surface area contributed by atoms with Gasteiger partial charge >= 0.3 is 0 Å². The summed E-state index contributed by atoms with van der Waals surface area (Å²) in [6.45, 7) is 2.23. The first-order valence-corrected chi connectivity index (χ1v) is 6.38. The number of rotatable bonds is 0. The van der Waals surface area contributed by atoms with Gasteiger partial charge in [0.2, 0.25) is 5.91 Å². The summed E-state index contributed by atoms with van der Waals surface area (Å²) in [4.78, 5) is 12.3. The lowest BCUT2D eigenvalue weighted by molar-refractivity contribution is -0.122. The van der Waals surface area contributed by atoms with Crippen LogP contribution in [0.4, 0.5) is 11.4 Å². The molecule has 0 aromatic heterocycles. The van der Waals surface area contributed by atoms with Crippen LogP contribution >= 0.6 is 0 Å². The standard InChI is InChI=1S/C14H18N2O/c1-10-5-4-8-14(9-10)13(17)15-11-6-2-3-7-12(11)16-14/h2-3,6-7,10,16H,4-5,8-9H2,1H3,(H,15,17). The Balaban J connectivity index is 1.96. The molecule has 1 spiro atoms. The van der Waals surface area contributed by atoms with Crippen LogP contribution in [-0.4, -0.2) is 11.4 Å². The van der Waals surface area contributed by atoms with Crippen molar-refractivity contribution in [3.63, 3.8) is 0 Å². The van der Waals surface area contributed by atoms with Crippen molar-refractivity contribution in [3.05, 3.63) is 24.3 Å². The quantitative estimate of drug-likeness (QED) is 0.719. The highest BCUT2D eigenvalue weighted by Gasteiger charge is 2.44. The monoisotopic (exact) mass is 230 g/mol. The van der Waals surface area contributed by atoms with E-state index in [0.717, 1.165) is 30.6 Å². The van der Waals surface area contributed by atoms with E-state index in [-0.39, 0.29) is 11.4 Å². The van der Waals surface area contributed by atoms with Crippen molar-refractivity contribution in [3.8, 4) is 0 Å². The molecule has 0 saturated heterocycles. The minimum atomic E-state index is -0.369. The first-order valence-electron chi connectivity index (χ1n) is 6.38. The largest absolute Gasteiger partial charge is 0.370 e. The number of hydrogen-bond donors (Lipinski definition) is 2. The molecule has 1 aliphatic carbocycles. The molecule has 1 saturated carbocycles. The summed E-state index contributed by atoms with van der Waals surface area (Å²) >= 11 is 0. The van der Waals surface area contributed by atoms with Gasteiger partial charge in [0.15, 0.2) is 0 Å². The lowest BCUT2D eigenvalue weighted by atomic mass is 9.75. The molecule has 2 N–H and O–H groups in total. The molecule has 1 aromatic carbocycles. The fraction of sp³-hybridized carbons (Fsp3) is 0.500. The number of para-hydroxylation sites is 2. The molecule has 1 amide bonds. The van der Waals surface area contributed by atoms with Gasteiger partial charge in [-0.15, -0.1) is 0 Å². The molecule has 90 valence electrons. The topological polar surface area (TPSA) is 41.1 Å². The summed E-state index contributed by atoms with van der Waals surface area (Å²) in [7, 11) is 0. The third-order valence-corrected chi connectivity index (χ3v) is 3.98. The number of fused-ring (bicyclic) bond motifs is 1. The molecule has 1 heterocycles. The second-order valence-electron chi connectivity index (χ2n) is 5.41. The SMILES string of the molecule is CC1CCCC2(C1)Nc1ccccc1NC2=O. The summed E-state index contributed by atoms with van der Waals surface area (Å²) in [5, 5.41) is 6.52. The fourth-order valence-electron chi connectivity index (χ4n) is 3.13. The van der Waals surface area contributed by atoms with Crippen LogP contribution in [0.3, 0.4) is 0 Å². The molecule has 3 heteroatoms. The van der Waals surface area contributed by atoms with E-state index in [2.05, 4.69) is 17.6 Å². The number of anilines is 2. The lowest BCUT2D eigenvalue weighted by Crippen LogP contribution is -2.54. The Bertz CT molecular complexity index is 457. The molecule has 1 aromatic rings. The van der Waals surface area contributed by atoms with Gasteiger partial charge in [-0.3, -0.25) is 4.79 Å². The maximum atomic E-state index is 12.3. The van der Waals surface area contributed by atoms with Gasteiger partial charge in [0.25, 0.3) is 0 Å². The van der Waals surface area contributed by atoms with Gasteiger partial charge in [0, 0.05) is 0 Å². The zero-order valence-electron chi connectivity index (χ0n) is 10.1. The smallest absolute Gasteiger partial charge is 0.250 e. The minimum absolute atomic E-state index is 0.141. The number of nitrogens with one attached hydrogen (secondary N) is 2. The third kappa shape index (κ3) is 1.70. The lowest BCUT2D eigenvalue weighted by Gasteiger charge is -2.43. The fourth-order valence-corrected chi connectivity index (χ4v) is 3.13. The zero-order valence-corrected chi connectivity index (χ0v) is 10.1. The van der Waals surface area contributed by atoms with Crippen LogP contribution < -0.4 is 10.6 Å². The van der Waals surface area contributed by atoms with Crippen molar-refractivity contribution in [1.82, 2.24) is 0 Å². The molecule has 2 atom stereocenters. The highest BCUT2D eigenvalue weighted by molar-refractivity contribution is 6.06. The Morgan fingerprint density at radius 2 is 2.06 bits per heavy atom. The van der Waals surface area contributed by atoms with Crippen LogP contribution in [0.5, 0.6) is 0 Å². The second-order valence-corrected chi connectivity index (χ2v) is 5.41. The predicted molar refractivity (Wildman–Crippen MR) is 69.1 cm³/mol. The maximum absolute atomic E-state index is 12.3. The summed E-state index contributed by atoms with van der Waals surface area (Å²) in [5.41, 5.74) is 1.59. The van der Waals surface area contributed by atoms with E-state index >= 15 is 0 Å². The van der Waals surface area contributed by atoms with Gasteiger partial charge in [-0.1, -0.05) is 31.9 Å². The molecule has 2 aliphatic rings. The summed E-state index contributed by atoms with van der Waals surface area (Å²) in [6.07, 6.45) is 4.24. The Morgan fingerprint density at radius 3 is 2.82 bits per heavy atom. The van der Waals surface area contributed by atoms with Crippen LogP contribution in [-0.2, 0) is 4.79 Å². The van der Waals surface area contributed by atoms with E-state index in [0.29, 0.717) is 5.92 Å². The zero-order chi connectivity index (χ0) is 11.9. The molecule has 3 rings (SSSR count). The van der Waals surface area contributed by atoms with E-state index in [4.69, 9.17) is 0 Å². The summed E-state index contributed by atoms with van der Waals surface area (Å²) < 4.78 is 0. The number of benzene rings is 1. The highest BCUT2D eigenvalue weighted by Crippen LogP contribution is 2.40. The molecular formula is C14H18N2O. The molecule has 1 aliphatic heterocycles. The van der Waals surface area contributed by atoms with Crippen molar-refractivity contribution in [2.75, 3.05) is 10.6 Å². The number of carbonyl (C=O) groups is 1. The number of hydrogen-bond acceptors (Lipinski definition) is 2.